The van der Waals surface area contributed by atoms with Crippen molar-refractivity contribution in [3.63, 3.8) is 0 Å². The van der Waals surface area contributed by atoms with Crippen molar-refractivity contribution in [3.05, 3.63) is 18.0 Å². The maximum atomic E-state index is 5.74. The average Bonchev–Trinajstić information content (AvgIpc) is 2.07. The van der Waals surface area contributed by atoms with E-state index in [1.807, 2.05) is 0 Å². The Morgan fingerprint density at radius 3 is 2.53 bits per heavy atom. The number of pyridine rings is 1. The van der Waals surface area contributed by atoms with E-state index in [1.54, 1.807) is 12.3 Å². The van der Waals surface area contributed by atoms with E-state index in [1.165, 1.54) is 0 Å². The van der Waals surface area contributed by atoms with E-state index in [0.29, 0.717) is 17.1 Å². The van der Waals surface area contributed by atoms with Crippen LogP contribution >= 0.6 is 0 Å². The molecule has 4 heteroatoms. The van der Waals surface area contributed by atoms with Crippen LogP contribution in [0.25, 0.3) is 0 Å². The van der Waals surface area contributed by atoms with Crippen LogP contribution in [0.3, 0.4) is 0 Å². The van der Waals surface area contributed by atoms with Gasteiger partial charge in [0.25, 0.3) is 0 Å². The Hall–Kier alpha value is -1.47. The highest BCUT2D eigenvalue weighted by Crippen LogP contribution is 2.11. The van der Waals surface area contributed by atoms with Gasteiger partial charge in [0.05, 0.1) is 25.6 Å². The smallest absolute Gasteiger partial charge is 0.136 e. The van der Waals surface area contributed by atoms with Crippen molar-refractivity contribution in [2.24, 2.45) is 0 Å². The molecule has 0 aromatic carbocycles. The van der Waals surface area contributed by atoms with Crippen molar-refractivity contribution >= 4 is 19.4 Å². The number of rotatable bonds is 1. The molecule has 0 amide bonds. The summed E-state index contributed by atoms with van der Waals surface area (Å²) in [5.41, 5.74) is 13.0. The standard InChI is InChI=1S/C11H17N3Si/c1-15(2,3)6-4-5-11-10(13)7-9(12)8-14-11/h7-8H,6,12-13H2,1-3H3. The molecule has 0 bridgehead atoms. The van der Waals surface area contributed by atoms with E-state index in [2.05, 4.69) is 36.5 Å². The molecule has 0 saturated heterocycles. The van der Waals surface area contributed by atoms with Crippen LogP contribution in [0, 0.1) is 11.8 Å². The van der Waals surface area contributed by atoms with Crippen LogP contribution in [0.1, 0.15) is 5.69 Å². The van der Waals surface area contributed by atoms with Gasteiger partial charge >= 0.3 is 0 Å². The summed E-state index contributed by atoms with van der Waals surface area (Å²) in [7, 11) is -1.11. The van der Waals surface area contributed by atoms with Crippen LogP contribution in [0.4, 0.5) is 11.4 Å². The summed E-state index contributed by atoms with van der Waals surface area (Å²) in [4.78, 5) is 4.09. The van der Waals surface area contributed by atoms with E-state index in [-0.39, 0.29) is 0 Å². The Kier molecular flexibility index (Phi) is 3.38. The molecule has 15 heavy (non-hydrogen) atoms. The molecule has 80 valence electrons. The summed E-state index contributed by atoms with van der Waals surface area (Å²) in [6, 6.07) is 2.64. The molecule has 0 unspecified atom stereocenters. The van der Waals surface area contributed by atoms with E-state index in [9.17, 15) is 0 Å². The molecule has 0 saturated carbocycles. The molecule has 4 N–H and O–H groups in total. The van der Waals surface area contributed by atoms with Crippen LogP contribution in [-0.2, 0) is 0 Å². The normalized spacial score (nSPS) is 10.6. The molecule has 0 spiro atoms. The van der Waals surface area contributed by atoms with Crippen molar-refractivity contribution < 1.29 is 0 Å². The first kappa shape index (κ1) is 11.6. The third kappa shape index (κ3) is 4.04. The van der Waals surface area contributed by atoms with Crippen LogP contribution in [-0.4, -0.2) is 13.1 Å². The summed E-state index contributed by atoms with van der Waals surface area (Å²) >= 11 is 0. The summed E-state index contributed by atoms with van der Waals surface area (Å²) < 4.78 is 0. The highest BCUT2D eigenvalue weighted by atomic mass is 28.3. The number of aromatic nitrogens is 1. The van der Waals surface area contributed by atoms with Crippen molar-refractivity contribution in [3.8, 4) is 11.8 Å². The lowest BCUT2D eigenvalue weighted by atomic mass is 10.3. The third-order valence-electron chi connectivity index (χ3n) is 1.76. The van der Waals surface area contributed by atoms with Crippen molar-refractivity contribution in [1.82, 2.24) is 4.98 Å². The van der Waals surface area contributed by atoms with Crippen LogP contribution < -0.4 is 11.5 Å². The molecule has 0 aliphatic carbocycles. The fourth-order valence-corrected chi connectivity index (χ4v) is 1.62. The van der Waals surface area contributed by atoms with E-state index >= 15 is 0 Å². The maximum absolute atomic E-state index is 5.74. The fraction of sp³-hybridized carbons (Fsp3) is 0.364. The summed E-state index contributed by atoms with van der Waals surface area (Å²) in [6.07, 6.45) is 1.58. The Balaban J connectivity index is 2.81. The minimum Gasteiger partial charge on any atom is -0.397 e. The predicted molar refractivity (Wildman–Crippen MR) is 68.1 cm³/mol. The zero-order chi connectivity index (χ0) is 11.5. The molecular formula is C11H17N3Si. The summed E-state index contributed by atoms with van der Waals surface area (Å²) in [5.74, 6) is 6.12. The summed E-state index contributed by atoms with van der Waals surface area (Å²) in [6.45, 7) is 6.84. The summed E-state index contributed by atoms with van der Waals surface area (Å²) in [5, 5.41) is 0. The first-order valence-electron chi connectivity index (χ1n) is 4.88. The van der Waals surface area contributed by atoms with Gasteiger partial charge in [0.1, 0.15) is 5.69 Å². The van der Waals surface area contributed by atoms with Crippen molar-refractivity contribution in [2.45, 2.75) is 25.7 Å². The van der Waals surface area contributed by atoms with Gasteiger partial charge in [-0.25, -0.2) is 4.98 Å². The first-order chi connectivity index (χ1) is 6.88. The number of anilines is 2. The lowest BCUT2D eigenvalue weighted by Crippen LogP contribution is -2.17. The molecule has 0 aliphatic heterocycles. The van der Waals surface area contributed by atoms with Gasteiger partial charge in [0.15, 0.2) is 0 Å². The van der Waals surface area contributed by atoms with Gasteiger partial charge in [-0.05, 0) is 12.0 Å². The van der Waals surface area contributed by atoms with E-state index in [4.69, 9.17) is 11.5 Å². The highest BCUT2D eigenvalue weighted by Gasteiger charge is 2.09. The molecule has 0 aliphatic rings. The lowest BCUT2D eigenvalue weighted by molar-refractivity contribution is 1.29. The minimum atomic E-state index is -1.11. The topological polar surface area (TPSA) is 64.9 Å². The van der Waals surface area contributed by atoms with Gasteiger partial charge in [-0.15, -0.1) is 0 Å². The van der Waals surface area contributed by atoms with Gasteiger partial charge < -0.3 is 11.5 Å². The molecule has 3 nitrogen and oxygen atoms in total. The Labute approximate surface area is 91.9 Å². The molecule has 1 heterocycles. The fourth-order valence-electron chi connectivity index (χ4n) is 0.996. The van der Waals surface area contributed by atoms with E-state index in [0.717, 1.165) is 6.04 Å². The first-order valence-corrected chi connectivity index (χ1v) is 8.59. The third-order valence-corrected chi connectivity index (χ3v) is 3.00. The zero-order valence-electron chi connectivity index (χ0n) is 9.46. The second-order valence-corrected chi connectivity index (χ2v) is 10.2. The van der Waals surface area contributed by atoms with Gasteiger partial charge in [-0.2, -0.15) is 0 Å². The number of nitrogens with two attached hydrogens (primary N) is 2. The molecule has 0 fully saturated rings. The largest absolute Gasteiger partial charge is 0.397 e. The Bertz CT molecular complexity index is 410. The SMILES string of the molecule is C[Si](C)(C)CC#Cc1ncc(N)cc1N. The quantitative estimate of drug-likeness (QED) is 0.560. The minimum absolute atomic E-state index is 0.554. The van der Waals surface area contributed by atoms with Gasteiger partial charge in [0, 0.05) is 6.04 Å². The molecule has 1 aromatic heterocycles. The molecule has 1 rings (SSSR count). The molecule has 1 aromatic rings. The Morgan fingerprint density at radius 2 is 2.00 bits per heavy atom. The van der Waals surface area contributed by atoms with Crippen molar-refractivity contribution in [2.75, 3.05) is 11.5 Å². The van der Waals surface area contributed by atoms with Crippen molar-refractivity contribution in [1.29, 1.82) is 0 Å². The van der Waals surface area contributed by atoms with Crippen LogP contribution in [0.5, 0.6) is 0 Å². The maximum Gasteiger partial charge on any atom is 0.136 e. The molecular weight excluding hydrogens is 202 g/mol. The number of hydrogen-bond donors (Lipinski definition) is 2. The van der Waals surface area contributed by atoms with Gasteiger partial charge in [-0.3, -0.25) is 0 Å². The monoisotopic (exact) mass is 219 g/mol. The van der Waals surface area contributed by atoms with E-state index < -0.39 is 8.07 Å². The zero-order valence-corrected chi connectivity index (χ0v) is 10.5. The molecule has 0 atom stereocenters. The second kappa shape index (κ2) is 4.37. The second-order valence-electron chi connectivity index (χ2n) is 4.75. The predicted octanol–water partition coefficient (Wildman–Crippen LogP) is 1.94. The number of nitrogens with zero attached hydrogens (tertiary/aromatic N) is 1. The van der Waals surface area contributed by atoms with Crippen LogP contribution in [0.2, 0.25) is 25.7 Å². The van der Waals surface area contributed by atoms with Crippen LogP contribution in [0.15, 0.2) is 12.3 Å². The average molecular weight is 219 g/mol. The molecule has 0 radical (unpaired) electrons. The number of hydrogen-bond acceptors (Lipinski definition) is 3. The lowest BCUT2D eigenvalue weighted by Gasteiger charge is -2.09. The van der Waals surface area contributed by atoms with Gasteiger partial charge in [-0.1, -0.05) is 25.6 Å². The highest BCUT2D eigenvalue weighted by molar-refractivity contribution is 6.76. The van der Waals surface area contributed by atoms with Gasteiger partial charge in [0.2, 0.25) is 0 Å². The Morgan fingerprint density at radius 1 is 1.33 bits per heavy atom. The number of nitrogen functional groups attached to an aromatic ring is 2.